The number of carbonyl (C=O) groups excluding carboxylic acids is 1. The third-order valence-electron chi connectivity index (χ3n) is 2.36. The molecule has 0 fully saturated rings. The number of pyridine rings is 1. The van der Waals surface area contributed by atoms with Crippen molar-refractivity contribution in [2.45, 2.75) is 19.8 Å². The van der Waals surface area contributed by atoms with Gasteiger partial charge in [-0.15, -0.1) is 0 Å². The molecule has 0 aliphatic carbocycles. The summed E-state index contributed by atoms with van der Waals surface area (Å²) >= 11 is 0. The SMILES string of the molecule is CCC(CN)C(=O)Cc1ccncc1. The van der Waals surface area contributed by atoms with Crippen LogP contribution >= 0.6 is 0 Å². The fraction of sp³-hybridized carbons (Fsp3) is 0.455. The largest absolute Gasteiger partial charge is 0.330 e. The van der Waals surface area contributed by atoms with Crippen LogP contribution < -0.4 is 5.73 Å². The second-order valence-electron chi connectivity index (χ2n) is 3.34. The van der Waals surface area contributed by atoms with E-state index in [0.717, 1.165) is 12.0 Å². The maximum atomic E-state index is 11.7. The molecule has 1 aromatic rings. The van der Waals surface area contributed by atoms with Crippen molar-refractivity contribution in [2.24, 2.45) is 11.7 Å². The highest BCUT2D eigenvalue weighted by Crippen LogP contribution is 2.07. The molecule has 1 unspecified atom stereocenters. The number of Topliss-reactive ketones (excluding diaryl/α,β-unsaturated/α-hetero) is 1. The molecule has 3 heteroatoms. The predicted molar refractivity (Wildman–Crippen MR) is 55.8 cm³/mol. The average molecular weight is 192 g/mol. The molecule has 14 heavy (non-hydrogen) atoms. The van der Waals surface area contributed by atoms with E-state index in [4.69, 9.17) is 5.73 Å². The van der Waals surface area contributed by atoms with Crippen molar-refractivity contribution >= 4 is 5.78 Å². The summed E-state index contributed by atoms with van der Waals surface area (Å²) in [7, 11) is 0. The summed E-state index contributed by atoms with van der Waals surface area (Å²) in [4.78, 5) is 15.6. The van der Waals surface area contributed by atoms with Crippen LogP contribution in [0.25, 0.3) is 0 Å². The molecule has 0 spiro atoms. The molecule has 1 rings (SSSR count). The maximum Gasteiger partial charge on any atom is 0.141 e. The number of hydrogen-bond acceptors (Lipinski definition) is 3. The molecule has 76 valence electrons. The zero-order valence-electron chi connectivity index (χ0n) is 8.44. The van der Waals surface area contributed by atoms with Crippen molar-refractivity contribution < 1.29 is 4.79 Å². The first-order valence-electron chi connectivity index (χ1n) is 4.89. The van der Waals surface area contributed by atoms with Gasteiger partial charge in [0.2, 0.25) is 0 Å². The van der Waals surface area contributed by atoms with Crippen molar-refractivity contribution in [3.8, 4) is 0 Å². The lowest BCUT2D eigenvalue weighted by Crippen LogP contribution is -2.24. The number of rotatable bonds is 5. The zero-order chi connectivity index (χ0) is 10.4. The van der Waals surface area contributed by atoms with Gasteiger partial charge in [0.15, 0.2) is 0 Å². The van der Waals surface area contributed by atoms with Crippen LogP contribution in [0.3, 0.4) is 0 Å². The van der Waals surface area contributed by atoms with Crippen LogP contribution in [0.15, 0.2) is 24.5 Å². The quantitative estimate of drug-likeness (QED) is 0.762. The third kappa shape index (κ3) is 2.92. The van der Waals surface area contributed by atoms with E-state index in [1.54, 1.807) is 12.4 Å². The van der Waals surface area contributed by atoms with Crippen LogP contribution in [-0.2, 0) is 11.2 Å². The number of hydrogen-bond donors (Lipinski definition) is 1. The smallest absolute Gasteiger partial charge is 0.141 e. The summed E-state index contributed by atoms with van der Waals surface area (Å²) < 4.78 is 0. The summed E-state index contributed by atoms with van der Waals surface area (Å²) in [6.07, 6.45) is 4.69. The summed E-state index contributed by atoms with van der Waals surface area (Å²) in [5.74, 6) is 0.226. The fourth-order valence-electron chi connectivity index (χ4n) is 1.37. The number of nitrogens with two attached hydrogens (primary N) is 1. The molecular formula is C11H16N2O. The Hall–Kier alpha value is -1.22. The lowest BCUT2D eigenvalue weighted by Gasteiger charge is -2.10. The molecule has 0 amide bonds. The molecule has 3 nitrogen and oxygen atoms in total. The van der Waals surface area contributed by atoms with Crippen LogP contribution in [0.4, 0.5) is 0 Å². The number of nitrogens with zero attached hydrogens (tertiary/aromatic N) is 1. The topological polar surface area (TPSA) is 56.0 Å². The van der Waals surface area contributed by atoms with Crippen LogP contribution in [0.2, 0.25) is 0 Å². The summed E-state index contributed by atoms with van der Waals surface area (Å²) in [6, 6.07) is 3.72. The fourth-order valence-corrected chi connectivity index (χ4v) is 1.37. The van der Waals surface area contributed by atoms with Crippen molar-refractivity contribution in [1.82, 2.24) is 4.98 Å². The van der Waals surface area contributed by atoms with Gasteiger partial charge in [-0.3, -0.25) is 9.78 Å². The Labute approximate surface area is 84.3 Å². The van der Waals surface area contributed by atoms with E-state index in [1.807, 2.05) is 19.1 Å². The van der Waals surface area contributed by atoms with Crippen molar-refractivity contribution in [3.63, 3.8) is 0 Å². The monoisotopic (exact) mass is 192 g/mol. The Bertz CT molecular complexity index is 281. The van der Waals surface area contributed by atoms with E-state index in [0.29, 0.717) is 13.0 Å². The van der Waals surface area contributed by atoms with E-state index in [2.05, 4.69) is 4.98 Å². The number of aromatic nitrogens is 1. The Morgan fingerprint density at radius 2 is 2.14 bits per heavy atom. The lowest BCUT2D eigenvalue weighted by molar-refractivity contribution is -0.122. The van der Waals surface area contributed by atoms with Gasteiger partial charge >= 0.3 is 0 Å². The molecule has 1 heterocycles. The number of ketones is 1. The highest BCUT2D eigenvalue weighted by atomic mass is 16.1. The molecule has 0 saturated carbocycles. The Kier molecular flexibility index (Phi) is 4.26. The molecule has 0 aliphatic rings. The minimum atomic E-state index is 0.00293. The summed E-state index contributed by atoms with van der Waals surface area (Å²) in [6.45, 7) is 2.43. The van der Waals surface area contributed by atoms with Gasteiger partial charge in [-0.1, -0.05) is 6.92 Å². The second-order valence-corrected chi connectivity index (χ2v) is 3.34. The Morgan fingerprint density at radius 1 is 1.50 bits per heavy atom. The summed E-state index contributed by atoms with van der Waals surface area (Å²) in [5, 5.41) is 0. The standard InChI is InChI=1S/C11H16N2O/c1-2-10(8-12)11(14)7-9-3-5-13-6-4-9/h3-6,10H,2,7-8,12H2,1H3. The number of carbonyl (C=O) groups is 1. The average Bonchev–Trinajstić information content (AvgIpc) is 2.21. The van der Waals surface area contributed by atoms with Gasteiger partial charge in [0, 0.05) is 31.3 Å². The molecule has 1 atom stereocenters. The molecule has 0 aromatic carbocycles. The second kappa shape index (κ2) is 5.50. The highest BCUT2D eigenvalue weighted by molar-refractivity contribution is 5.83. The van der Waals surface area contributed by atoms with Gasteiger partial charge in [0.05, 0.1) is 0 Å². The minimum absolute atomic E-state index is 0.00293. The molecule has 0 bridgehead atoms. The van der Waals surface area contributed by atoms with Crippen molar-refractivity contribution in [1.29, 1.82) is 0 Å². The van der Waals surface area contributed by atoms with Gasteiger partial charge < -0.3 is 5.73 Å². The van der Waals surface area contributed by atoms with Gasteiger partial charge in [-0.25, -0.2) is 0 Å². The molecule has 1 aromatic heterocycles. The van der Waals surface area contributed by atoms with E-state index in [1.165, 1.54) is 0 Å². The molecule has 0 saturated heterocycles. The third-order valence-corrected chi connectivity index (χ3v) is 2.36. The van der Waals surface area contributed by atoms with E-state index >= 15 is 0 Å². The van der Waals surface area contributed by atoms with Gasteiger partial charge in [0.25, 0.3) is 0 Å². The zero-order valence-corrected chi connectivity index (χ0v) is 8.44. The highest BCUT2D eigenvalue weighted by Gasteiger charge is 2.14. The molecule has 0 aliphatic heterocycles. The minimum Gasteiger partial charge on any atom is -0.330 e. The Balaban J connectivity index is 2.57. The molecular weight excluding hydrogens is 176 g/mol. The normalized spacial score (nSPS) is 12.4. The first-order valence-corrected chi connectivity index (χ1v) is 4.89. The van der Waals surface area contributed by atoms with E-state index in [9.17, 15) is 4.79 Å². The lowest BCUT2D eigenvalue weighted by atomic mass is 9.96. The molecule has 2 N–H and O–H groups in total. The van der Waals surface area contributed by atoms with Crippen LogP contribution in [0.1, 0.15) is 18.9 Å². The van der Waals surface area contributed by atoms with Gasteiger partial charge in [0.1, 0.15) is 5.78 Å². The molecule has 0 radical (unpaired) electrons. The first kappa shape index (κ1) is 10.9. The Morgan fingerprint density at radius 3 is 2.64 bits per heavy atom. The first-order chi connectivity index (χ1) is 6.77. The van der Waals surface area contributed by atoms with E-state index in [-0.39, 0.29) is 11.7 Å². The van der Waals surface area contributed by atoms with Crippen LogP contribution in [0, 0.1) is 5.92 Å². The predicted octanol–water partition coefficient (Wildman–Crippen LogP) is 1.18. The maximum absolute atomic E-state index is 11.7. The van der Waals surface area contributed by atoms with Crippen LogP contribution in [0.5, 0.6) is 0 Å². The van der Waals surface area contributed by atoms with Crippen molar-refractivity contribution in [3.05, 3.63) is 30.1 Å². The van der Waals surface area contributed by atoms with Gasteiger partial charge in [-0.2, -0.15) is 0 Å². The van der Waals surface area contributed by atoms with Gasteiger partial charge in [-0.05, 0) is 24.1 Å². The van der Waals surface area contributed by atoms with E-state index < -0.39 is 0 Å². The van der Waals surface area contributed by atoms with Crippen LogP contribution in [-0.4, -0.2) is 17.3 Å². The summed E-state index contributed by atoms with van der Waals surface area (Å²) in [5.41, 5.74) is 6.52. The van der Waals surface area contributed by atoms with Crippen molar-refractivity contribution in [2.75, 3.05) is 6.54 Å².